The lowest BCUT2D eigenvalue weighted by Gasteiger charge is -2.35. The van der Waals surface area contributed by atoms with Crippen molar-refractivity contribution in [2.75, 3.05) is 39.3 Å². The number of ether oxygens (including phenoxy) is 4. The number of fused-ring (bicyclic) bond motifs is 1. The third-order valence-electron chi connectivity index (χ3n) is 11.7. The quantitative estimate of drug-likeness (QED) is 0.0689. The van der Waals surface area contributed by atoms with Crippen molar-refractivity contribution in [1.29, 1.82) is 0 Å². The molecule has 5 aromatic rings. The Morgan fingerprint density at radius 2 is 1.72 bits per heavy atom. The fourth-order valence-corrected chi connectivity index (χ4v) is 8.57. The predicted octanol–water partition coefficient (Wildman–Crippen LogP) is 7.84. The zero-order valence-corrected chi connectivity index (χ0v) is 33.6. The largest absolute Gasteiger partial charge is 0.491 e. The van der Waals surface area contributed by atoms with Crippen molar-refractivity contribution in [3.05, 3.63) is 132 Å². The van der Waals surface area contributed by atoms with Gasteiger partial charge in [-0.15, -0.1) is 0 Å². The molecule has 2 atom stereocenters. The van der Waals surface area contributed by atoms with Crippen LogP contribution in [-0.2, 0) is 45.0 Å². The number of rotatable bonds is 17. The maximum Gasteiger partial charge on any atom is 0.244 e. The van der Waals surface area contributed by atoms with Gasteiger partial charge in [0, 0.05) is 32.0 Å². The van der Waals surface area contributed by atoms with Gasteiger partial charge in [-0.25, -0.2) is 4.98 Å². The van der Waals surface area contributed by atoms with Crippen molar-refractivity contribution >= 4 is 22.7 Å². The molecule has 1 amide bonds. The summed E-state index contributed by atoms with van der Waals surface area (Å²) in [5.41, 5.74) is 3.46. The van der Waals surface area contributed by atoms with E-state index in [-0.39, 0.29) is 29.1 Å². The summed E-state index contributed by atoms with van der Waals surface area (Å²) >= 11 is 0. The number of piperidine rings is 1. The number of furan rings is 1. The monoisotopic (exact) mass is 786 g/mol. The van der Waals surface area contributed by atoms with E-state index >= 15 is 0 Å². The molecule has 2 fully saturated rings. The third-order valence-corrected chi connectivity index (χ3v) is 11.7. The van der Waals surface area contributed by atoms with Gasteiger partial charge in [0.2, 0.25) is 18.0 Å². The molecule has 0 bridgehead atoms. The molecule has 11 heteroatoms. The zero-order valence-electron chi connectivity index (χ0n) is 33.6. The van der Waals surface area contributed by atoms with Crippen LogP contribution in [0.25, 0.3) is 11.0 Å². The Labute approximate surface area is 340 Å². The number of hydrogen-bond donors (Lipinski definition) is 0. The van der Waals surface area contributed by atoms with E-state index in [9.17, 15) is 9.59 Å². The Bertz CT molecular complexity index is 2170. The first-order valence-electron chi connectivity index (χ1n) is 20.7. The normalized spacial score (nSPS) is 20.0. The van der Waals surface area contributed by atoms with Crippen molar-refractivity contribution in [1.82, 2.24) is 19.4 Å². The Morgan fingerprint density at radius 3 is 2.53 bits per heavy atom. The highest BCUT2D eigenvalue weighted by Crippen LogP contribution is 2.45. The molecule has 5 heterocycles. The van der Waals surface area contributed by atoms with Gasteiger partial charge in [-0.3, -0.25) is 9.59 Å². The van der Waals surface area contributed by atoms with Crippen LogP contribution >= 0.6 is 0 Å². The van der Waals surface area contributed by atoms with Gasteiger partial charge in [0.1, 0.15) is 30.1 Å². The number of nitrogens with zero attached hydrogens (tertiary/aromatic N) is 4. The van der Waals surface area contributed by atoms with E-state index in [0.29, 0.717) is 51.5 Å². The fraction of sp³-hybridized carbons (Fsp3) is 0.426. The lowest BCUT2D eigenvalue weighted by molar-refractivity contribution is -0.129. The summed E-state index contributed by atoms with van der Waals surface area (Å²) < 4.78 is 31.9. The van der Waals surface area contributed by atoms with E-state index in [1.165, 1.54) is 0 Å². The van der Waals surface area contributed by atoms with Crippen LogP contribution in [0.15, 0.2) is 114 Å². The molecule has 8 rings (SSSR count). The van der Waals surface area contributed by atoms with Crippen molar-refractivity contribution in [3.63, 3.8) is 0 Å². The van der Waals surface area contributed by atoms with Crippen molar-refractivity contribution in [2.45, 2.75) is 77.9 Å². The van der Waals surface area contributed by atoms with Crippen LogP contribution in [0, 0.1) is 11.3 Å². The first-order chi connectivity index (χ1) is 28.3. The molecule has 0 spiro atoms. The number of ketones is 1. The molecule has 3 aliphatic heterocycles. The molecule has 3 aromatic carbocycles. The van der Waals surface area contributed by atoms with E-state index in [1.54, 1.807) is 12.5 Å². The molecule has 0 radical (unpaired) electrons. The average Bonchev–Trinajstić information content (AvgIpc) is 4.07. The van der Waals surface area contributed by atoms with E-state index in [0.717, 1.165) is 84.7 Å². The van der Waals surface area contributed by atoms with Gasteiger partial charge in [0.25, 0.3) is 0 Å². The number of hydrogen-bond acceptors (Lipinski definition) is 9. The number of imidazole rings is 1. The number of para-hydroxylation sites is 2. The summed E-state index contributed by atoms with van der Waals surface area (Å²) in [4.78, 5) is 37.2. The van der Waals surface area contributed by atoms with Crippen LogP contribution in [-0.4, -0.2) is 82.8 Å². The van der Waals surface area contributed by atoms with Crippen LogP contribution in [0.5, 0.6) is 5.75 Å². The summed E-state index contributed by atoms with van der Waals surface area (Å²) in [6.07, 6.45) is 7.16. The summed E-state index contributed by atoms with van der Waals surface area (Å²) in [7, 11) is 0. The lowest BCUT2D eigenvalue weighted by Crippen LogP contribution is -2.41. The zero-order chi connectivity index (χ0) is 39.9. The molecule has 2 unspecified atom stereocenters. The van der Waals surface area contributed by atoms with E-state index in [4.69, 9.17) is 28.3 Å². The van der Waals surface area contributed by atoms with E-state index in [2.05, 4.69) is 17.0 Å². The highest BCUT2D eigenvalue weighted by atomic mass is 16.7. The Morgan fingerprint density at radius 1 is 0.914 bits per heavy atom. The summed E-state index contributed by atoms with van der Waals surface area (Å²) in [6.45, 7) is 9.00. The van der Waals surface area contributed by atoms with E-state index in [1.807, 2.05) is 102 Å². The molecule has 3 aliphatic rings. The second-order valence-corrected chi connectivity index (χ2v) is 16.1. The van der Waals surface area contributed by atoms with Crippen molar-refractivity contribution in [2.24, 2.45) is 11.3 Å². The lowest BCUT2D eigenvalue weighted by atomic mass is 9.81. The fourth-order valence-electron chi connectivity index (χ4n) is 8.57. The number of carbonyl (C=O) groups is 2. The second kappa shape index (κ2) is 18.0. The van der Waals surface area contributed by atoms with Gasteiger partial charge >= 0.3 is 0 Å². The maximum atomic E-state index is 14.1. The Balaban J connectivity index is 0.906. The van der Waals surface area contributed by atoms with Gasteiger partial charge < -0.3 is 37.7 Å². The highest BCUT2D eigenvalue weighted by Gasteiger charge is 2.47. The molecule has 304 valence electrons. The summed E-state index contributed by atoms with van der Waals surface area (Å²) in [6, 6.07) is 29.7. The van der Waals surface area contributed by atoms with Gasteiger partial charge in [0.05, 0.1) is 41.8 Å². The molecule has 58 heavy (non-hydrogen) atoms. The standard InChI is InChI=1S/C47H54N4O7/c1-34(2)57-38-13-8-12-36(28-38)29-43(52)50-24-20-47(33-50,42-32-56-44(58-42)30-35-10-4-3-5-11-35)19-23-49-21-17-37(18-22-49)45(53)46-48-40-15-6-7-16-41(40)51(46)25-27-54-31-39-14-9-26-55-39/h3-16,26,28,32,34,37,44H,17-25,27,29-31,33H2,1-2H3. The topological polar surface area (TPSA) is 109 Å². The first-order valence-corrected chi connectivity index (χ1v) is 20.7. The SMILES string of the molecule is CC(C)Oc1cccc(CC(=O)N2CCC(CCN3CCC(C(=O)c4nc5ccccc5n4CCOCc4ccco4)CC3)(C3=COC(Cc4ccccc4)O3)C2)c1. The summed E-state index contributed by atoms with van der Waals surface area (Å²) in [5.74, 6) is 2.96. The molecular formula is C47H54N4O7. The van der Waals surface area contributed by atoms with E-state index < -0.39 is 6.29 Å². The van der Waals surface area contributed by atoms with Crippen LogP contribution < -0.4 is 4.74 Å². The Kier molecular flexibility index (Phi) is 12.3. The number of likely N-dealkylation sites (tertiary alicyclic amines) is 2. The first kappa shape index (κ1) is 39.4. The van der Waals surface area contributed by atoms with Gasteiger partial charge in [-0.2, -0.15) is 0 Å². The molecule has 2 aromatic heterocycles. The third kappa shape index (κ3) is 9.32. The molecule has 2 saturated heterocycles. The van der Waals surface area contributed by atoms with Crippen LogP contribution in [0.2, 0.25) is 0 Å². The minimum absolute atomic E-state index is 0.0587. The van der Waals surface area contributed by atoms with Crippen molar-refractivity contribution < 1.29 is 33.0 Å². The Hall–Kier alpha value is -5.39. The number of aromatic nitrogens is 2. The average molecular weight is 787 g/mol. The number of Topliss-reactive ketones (excluding diaryl/α,β-unsaturated/α-hetero) is 1. The number of amides is 1. The molecule has 11 nitrogen and oxygen atoms in total. The summed E-state index contributed by atoms with van der Waals surface area (Å²) in [5, 5.41) is 0. The predicted molar refractivity (Wildman–Crippen MR) is 220 cm³/mol. The van der Waals surface area contributed by atoms with Crippen LogP contribution in [0.4, 0.5) is 0 Å². The van der Waals surface area contributed by atoms with Crippen LogP contribution in [0.1, 0.15) is 67.0 Å². The number of benzene rings is 3. The minimum atomic E-state index is -0.406. The number of carbonyl (C=O) groups excluding carboxylic acids is 2. The van der Waals surface area contributed by atoms with Crippen molar-refractivity contribution in [3.8, 4) is 5.75 Å². The highest BCUT2D eigenvalue weighted by molar-refractivity contribution is 5.98. The van der Waals surface area contributed by atoms with Gasteiger partial charge in [0.15, 0.2) is 5.82 Å². The minimum Gasteiger partial charge on any atom is -0.491 e. The van der Waals surface area contributed by atoms with Crippen LogP contribution in [0.3, 0.4) is 0 Å². The van der Waals surface area contributed by atoms with Gasteiger partial charge in [-0.1, -0.05) is 54.6 Å². The van der Waals surface area contributed by atoms with Gasteiger partial charge in [-0.05, 0) is 107 Å². The second-order valence-electron chi connectivity index (χ2n) is 16.1. The molecular weight excluding hydrogens is 733 g/mol. The molecule has 0 aliphatic carbocycles. The smallest absolute Gasteiger partial charge is 0.244 e. The molecule has 0 saturated carbocycles. The maximum absolute atomic E-state index is 14.1. The molecule has 0 N–H and O–H groups in total.